The van der Waals surface area contributed by atoms with E-state index in [4.69, 9.17) is 9.47 Å². The lowest BCUT2D eigenvalue weighted by molar-refractivity contribution is -0.147. The molecule has 0 fully saturated rings. The van der Waals surface area contributed by atoms with Gasteiger partial charge in [-0.05, 0) is 85.6 Å². The molecule has 0 aliphatic rings. The van der Waals surface area contributed by atoms with Crippen LogP contribution in [0.25, 0.3) is 0 Å². The van der Waals surface area contributed by atoms with E-state index in [0.29, 0.717) is 17.1 Å². The zero-order valence-corrected chi connectivity index (χ0v) is 18.9. The maximum Gasteiger partial charge on any atom is 0.306 e. The summed E-state index contributed by atoms with van der Waals surface area (Å²) < 4.78 is 23.6. The third kappa shape index (κ3) is 8.05. The largest absolute Gasteiger partial charge is 0.457 e. The van der Waals surface area contributed by atoms with Gasteiger partial charge in [-0.1, -0.05) is 6.07 Å². The van der Waals surface area contributed by atoms with Gasteiger partial charge in [0.05, 0.1) is 6.42 Å². The van der Waals surface area contributed by atoms with Crippen molar-refractivity contribution in [3.63, 3.8) is 0 Å². The predicted molar refractivity (Wildman–Crippen MR) is 126 cm³/mol. The molecule has 0 bridgehead atoms. The lowest BCUT2D eigenvalue weighted by Crippen LogP contribution is -2.21. The first-order valence-electron chi connectivity index (χ1n) is 10.6. The summed E-state index contributed by atoms with van der Waals surface area (Å²) in [5.41, 5.74) is 3.15. The van der Waals surface area contributed by atoms with Crippen LogP contribution in [0.15, 0.2) is 66.7 Å². The number of amides is 2. The zero-order valence-electron chi connectivity index (χ0n) is 18.9. The maximum atomic E-state index is 12.9. The number of carbonyl (C=O) groups excluding carboxylic acids is 3. The smallest absolute Gasteiger partial charge is 0.306 e. The molecule has 3 rings (SSSR count). The Kier molecular flexibility index (Phi) is 8.34. The summed E-state index contributed by atoms with van der Waals surface area (Å²) in [6.07, 6.45) is -0.275. The number of hydrogen-bond acceptors (Lipinski definition) is 5. The van der Waals surface area contributed by atoms with E-state index in [1.807, 2.05) is 26.0 Å². The summed E-state index contributed by atoms with van der Waals surface area (Å²) in [6, 6.07) is 18.0. The van der Waals surface area contributed by atoms with Gasteiger partial charge in [0.2, 0.25) is 5.91 Å². The molecule has 0 spiro atoms. The topological polar surface area (TPSA) is 93.7 Å². The van der Waals surface area contributed by atoms with Crippen LogP contribution in [0.3, 0.4) is 0 Å². The molecule has 2 amide bonds. The van der Waals surface area contributed by atoms with E-state index in [-0.39, 0.29) is 18.7 Å². The maximum absolute atomic E-state index is 12.9. The van der Waals surface area contributed by atoms with E-state index >= 15 is 0 Å². The Morgan fingerprint density at radius 2 is 1.29 bits per heavy atom. The standard InChI is InChI=1S/C26H25FN2O5/c1-17-13-18(2)15-23(14-17)34-22-9-7-21(8-10-22)28-24(30)11-12-26(32)33-16-25(31)29-20-5-3-19(27)4-6-20/h3-10,13-15H,11-12,16H2,1-2H3,(H,28,30)(H,29,31). The van der Waals surface area contributed by atoms with Crippen LogP contribution in [0.4, 0.5) is 15.8 Å². The second-order valence-corrected chi connectivity index (χ2v) is 7.71. The molecule has 0 atom stereocenters. The van der Waals surface area contributed by atoms with Gasteiger partial charge >= 0.3 is 5.97 Å². The van der Waals surface area contributed by atoms with Crippen molar-refractivity contribution in [3.05, 3.63) is 83.7 Å². The molecule has 0 saturated carbocycles. The first kappa shape index (κ1) is 24.4. The van der Waals surface area contributed by atoms with E-state index in [9.17, 15) is 18.8 Å². The van der Waals surface area contributed by atoms with Crippen molar-refractivity contribution >= 4 is 29.2 Å². The molecule has 0 saturated heterocycles. The fraction of sp³-hybridized carbons (Fsp3) is 0.192. The number of carbonyl (C=O) groups is 3. The molecular formula is C26H25FN2O5. The van der Waals surface area contributed by atoms with E-state index in [2.05, 4.69) is 16.7 Å². The van der Waals surface area contributed by atoms with Crippen LogP contribution in [0.5, 0.6) is 11.5 Å². The Bertz CT molecular complexity index is 1140. The number of anilines is 2. The molecule has 176 valence electrons. The summed E-state index contributed by atoms with van der Waals surface area (Å²) in [5.74, 6) is -0.668. The number of rotatable bonds is 9. The molecule has 3 aromatic rings. The third-order valence-corrected chi connectivity index (χ3v) is 4.62. The van der Waals surface area contributed by atoms with Gasteiger partial charge in [0, 0.05) is 17.8 Å². The van der Waals surface area contributed by atoms with Crippen LogP contribution in [0.1, 0.15) is 24.0 Å². The summed E-state index contributed by atoms with van der Waals surface area (Å²) in [4.78, 5) is 35.7. The molecule has 0 heterocycles. The van der Waals surface area contributed by atoms with Gasteiger partial charge in [-0.2, -0.15) is 0 Å². The first-order chi connectivity index (χ1) is 16.3. The number of nitrogens with one attached hydrogen (secondary N) is 2. The SMILES string of the molecule is Cc1cc(C)cc(Oc2ccc(NC(=O)CCC(=O)OCC(=O)Nc3ccc(F)cc3)cc2)c1. The summed E-state index contributed by atoms with van der Waals surface area (Å²) >= 11 is 0. The molecule has 34 heavy (non-hydrogen) atoms. The number of hydrogen-bond donors (Lipinski definition) is 2. The van der Waals surface area contributed by atoms with Gasteiger partial charge < -0.3 is 20.1 Å². The fourth-order valence-electron chi connectivity index (χ4n) is 3.12. The number of esters is 1. The van der Waals surface area contributed by atoms with Crippen LogP contribution in [-0.2, 0) is 19.1 Å². The molecule has 0 aliphatic carbocycles. The van der Waals surface area contributed by atoms with Gasteiger partial charge in [0.25, 0.3) is 5.91 Å². The minimum Gasteiger partial charge on any atom is -0.457 e. The van der Waals surface area contributed by atoms with Gasteiger partial charge in [0.15, 0.2) is 6.61 Å². The molecular weight excluding hydrogens is 439 g/mol. The minimum absolute atomic E-state index is 0.0980. The first-order valence-corrected chi connectivity index (χ1v) is 10.6. The van der Waals surface area contributed by atoms with Crippen molar-refractivity contribution in [2.45, 2.75) is 26.7 Å². The molecule has 0 unspecified atom stereocenters. The highest BCUT2D eigenvalue weighted by Gasteiger charge is 2.11. The van der Waals surface area contributed by atoms with Crippen LogP contribution < -0.4 is 15.4 Å². The average molecular weight is 464 g/mol. The van der Waals surface area contributed by atoms with E-state index in [0.717, 1.165) is 16.9 Å². The Balaban J connectivity index is 1.38. The highest BCUT2D eigenvalue weighted by molar-refractivity contribution is 5.94. The highest BCUT2D eigenvalue weighted by atomic mass is 19.1. The van der Waals surface area contributed by atoms with Gasteiger partial charge in [-0.25, -0.2) is 4.39 Å². The number of benzene rings is 3. The predicted octanol–water partition coefficient (Wildman–Crippen LogP) is 5.14. The Hall–Kier alpha value is -4.20. The van der Waals surface area contributed by atoms with Gasteiger partial charge in [-0.3, -0.25) is 14.4 Å². The van der Waals surface area contributed by atoms with Crippen molar-refractivity contribution in [1.29, 1.82) is 0 Å². The van der Waals surface area contributed by atoms with Crippen molar-refractivity contribution in [1.82, 2.24) is 0 Å². The molecule has 7 nitrogen and oxygen atoms in total. The number of ether oxygens (including phenoxy) is 2. The molecule has 0 radical (unpaired) electrons. The van der Waals surface area contributed by atoms with Crippen LogP contribution in [0.2, 0.25) is 0 Å². The summed E-state index contributed by atoms with van der Waals surface area (Å²) in [7, 11) is 0. The number of halogens is 1. The second-order valence-electron chi connectivity index (χ2n) is 7.71. The second kappa shape index (κ2) is 11.6. The molecule has 0 aliphatic heterocycles. The molecule has 0 aromatic heterocycles. The van der Waals surface area contributed by atoms with E-state index < -0.39 is 24.3 Å². The Labute approximate surface area is 196 Å². The lowest BCUT2D eigenvalue weighted by atomic mass is 10.1. The van der Waals surface area contributed by atoms with Crippen molar-refractivity contribution < 1.29 is 28.2 Å². The molecule has 3 aromatic carbocycles. The highest BCUT2D eigenvalue weighted by Crippen LogP contribution is 2.25. The van der Waals surface area contributed by atoms with E-state index in [1.54, 1.807) is 24.3 Å². The van der Waals surface area contributed by atoms with Crippen molar-refractivity contribution in [3.8, 4) is 11.5 Å². The van der Waals surface area contributed by atoms with Crippen molar-refractivity contribution in [2.75, 3.05) is 17.2 Å². The number of aryl methyl sites for hydroxylation is 2. The van der Waals surface area contributed by atoms with Gasteiger partial charge in [0.1, 0.15) is 17.3 Å². The Morgan fingerprint density at radius 1 is 0.735 bits per heavy atom. The normalized spacial score (nSPS) is 10.3. The van der Waals surface area contributed by atoms with E-state index in [1.165, 1.54) is 24.3 Å². The summed E-state index contributed by atoms with van der Waals surface area (Å²) in [6.45, 7) is 3.49. The molecule has 8 heteroatoms. The average Bonchev–Trinajstić information content (AvgIpc) is 2.78. The zero-order chi connectivity index (χ0) is 24.5. The van der Waals surface area contributed by atoms with Crippen molar-refractivity contribution in [2.24, 2.45) is 0 Å². The van der Waals surface area contributed by atoms with Gasteiger partial charge in [-0.15, -0.1) is 0 Å². The Morgan fingerprint density at radius 3 is 1.91 bits per heavy atom. The van der Waals surface area contributed by atoms with Crippen LogP contribution in [0, 0.1) is 19.7 Å². The fourth-order valence-corrected chi connectivity index (χ4v) is 3.12. The third-order valence-electron chi connectivity index (χ3n) is 4.62. The summed E-state index contributed by atoms with van der Waals surface area (Å²) in [5, 5.41) is 5.17. The minimum atomic E-state index is -0.679. The quantitative estimate of drug-likeness (QED) is 0.428. The monoisotopic (exact) mass is 464 g/mol. The molecule has 2 N–H and O–H groups in total. The lowest BCUT2D eigenvalue weighted by Gasteiger charge is -2.10. The van der Waals surface area contributed by atoms with Crippen LogP contribution in [-0.4, -0.2) is 24.4 Å². The van der Waals surface area contributed by atoms with Crippen LogP contribution >= 0.6 is 0 Å².